The number of allylic oxidation sites excluding steroid dienone is 1. The van der Waals surface area contributed by atoms with E-state index in [1.165, 1.54) is 0 Å². The van der Waals surface area contributed by atoms with Crippen LogP contribution >= 0.6 is 0 Å². The van der Waals surface area contributed by atoms with E-state index in [4.69, 9.17) is 14.8 Å². The van der Waals surface area contributed by atoms with Gasteiger partial charge in [-0.3, -0.25) is 4.79 Å². The molecule has 0 saturated carbocycles. The first-order chi connectivity index (χ1) is 16.5. The second-order valence-electron chi connectivity index (χ2n) is 8.20. The summed E-state index contributed by atoms with van der Waals surface area (Å²) in [4.78, 5) is 18.4. The number of benzene rings is 3. The number of hydrogen-bond donors (Lipinski definition) is 2. The molecule has 7 heteroatoms. The van der Waals surface area contributed by atoms with Gasteiger partial charge in [-0.2, -0.15) is 4.98 Å². The second-order valence-corrected chi connectivity index (χ2v) is 8.20. The number of anilines is 2. The fourth-order valence-corrected chi connectivity index (χ4v) is 4.24. The summed E-state index contributed by atoms with van der Waals surface area (Å²) in [6, 6.07) is 24.8. The first-order valence-corrected chi connectivity index (χ1v) is 11.1. The van der Waals surface area contributed by atoms with Crippen LogP contribution < -0.4 is 15.4 Å². The molecule has 4 aromatic rings. The number of ether oxygens (including phenoxy) is 1. The summed E-state index contributed by atoms with van der Waals surface area (Å²) in [6.07, 6.45) is 0. The van der Waals surface area contributed by atoms with Crippen molar-refractivity contribution in [1.29, 1.82) is 0 Å². The summed E-state index contributed by atoms with van der Waals surface area (Å²) in [7, 11) is 1.58. The third kappa shape index (κ3) is 3.92. The van der Waals surface area contributed by atoms with Gasteiger partial charge >= 0.3 is 0 Å². The molecule has 0 bridgehead atoms. The Morgan fingerprint density at radius 2 is 1.76 bits per heavy atom. The highest BCUT2D eigenvalue weighted by molar-refractivity contribution is 6.06. The fraction of sp³-hybridized carbons (Fsp3) is 0.148. The molecule has 0 radical (unpaired) electrons. The van der Waals surface area contributed by atoms with Crippen LogP contribution in [0.3, 0.4) is 0 Å². The van der Waals surface area contributed by atoms with Crippen molar-refractivity contribution < 1.29 is 9.53 Å². The smallest absolute Gasteiger partial charge is 0.255 e. The summed E-state index contributed by atoms with van der Waals surface area (Å²) in [6.45, 7) is 3.92. The van der Waals surface area contributed by atoms with Crippen LogP contribution in [0.5, 0.6) is 5.75 Å². The topological polar surface area (TPSA) is 81.1 Å². The molecular weight excluding hydrogens is 426 g/mol. The van der Waals surface area contributed by atoms with Crippen LogP contribution in [-0.2, 0) is 4.79 Å². The molecule has 1 unspecified atom stereocenters. The van der Waals surface area contributed by atoms with E-state index in [2.05, 4.69) is 16.7 Å². The Morgan fingerprint density at radius 3 is 2.53 bits per heavy atom. The number of methoxy groups -OCH3 is 1. The molecule has 5 rings (SSSR count). The van der Waals surface area contributed by atoms with Gasteiger partial charge in [0.1, 0.15) is 11.8 Å². The lowest BCUT2D eigenvalue weighted by molar-refractivity contribution is -0.113. The molecule has 170 valence electrons. The van der Waals surface area contributed by atoms with Crippen molar-refractivity contribution in [3.8, 4) is 17.1 Å². The van der Waals surface area contributed by atoms with E-state index < -0.39 is 6.04 Å². The number of fused-ring (bicyclic) bond motifs is 1. The van der Waals surface area contributed by atoms with Gasteiger partial charge in [0.25, 0.3) is 5.91 Å². The third-order valence-corrected chi connectivity index (χ3v) is 5.84. The average Bonchev–Trinajstić information content (AvgIpc) is 3.27. The first-order valence-electron chi connectivity index (χ1n) is 11.1. The number of para-hydroxylation sites is 2. The molecular formula is C27H25N5O2. The number of aromatic nitrogens is 3. The quantitative estimate of drug-likeness (QED) is 0.436. The summed E-state index contributed by atoms with van der Waals surface area (Å²) in [5.41, 5.74) is 4.85. The number of carbonyl (C=O) groups is 1. The maximum absolute atomic E-state index is 13.7. The second kappa shape index (κ2) is 8.86. The summed E-state index contributed by atoms with van der Waals surface area (Å²) < 4.78 is 7.22. The van der Waals surface area contributed by atoms with Gasteiger partial charge in [-0.1, -0.05) is 72.3 Å². The van der Waals surface area contributed by atoms with Gasteiger partial charge in [-0.25, -0.2) is 4.68 Å². The minimum atomic E-state index is -0.448. The third-order valence-electron chi connectivity index (χ3n) is 5.84. The normalized spacial score (nSPS) is 14.9. The highest BCUT2D eigenvalue weighted by Crippen LogP contribution is 2.37. The van der Waals surface area contributed by atoms with Crippen molar-refractivity contribution in [2.45, 2.75) is 19.9 Å². The van der Waals surface area contributed by atoms with E-state index in [1.807, 2.05) is 86.6 Å². The average molecular weight is 452 g/mol. The monoisotopic (exact) mass is 451 g/mol. The van der Waals surface area contributed by atoms with Gasteiger partial charge in [0.2, 0.25) is 5.95 Å². The number of nitrogens with one attached hydrogen (secondary N) is 2. The molecule has 0 saturated heterocycles. The van der Waals surface area contributed by atoms with E-state index in [-0.39, 0.29) is 5.91 Å². The number of amides is 1. The Morgan fingerprint density at radius 1 is 1.00 bits per heavy atom. The lowest BCUT2D eigenvalue weighted by atomic mass is 9.94. The number of nitrogens with zero attached hydrogens (tertiary/aromatic N) is 3. The van der Waals surface area contributed by atoms with Crippen molar-refractivity contribution in [3.63, 3.8) is 0 Å². The first kappa shape index (κ1) is 21.5. The van der Waals surface area contributed by atoms with Gasteiger partial charge in [-0.05, 0) is 31.5 Å². The standard InChI is InChI=1S/C27H25N5O2/c1-17-10-9-13-20(16-17)24-23(26(33)29-21-14-7-8-15-22(21)34-3)18(2)28-27-30-25(31-32(24)27)19-11-5-4-6-12-19/h4-16,24H,1-3H3,(H,29,33)(H,28,30,31). The molecule has 2 N–H and O–H groups in total. The lowest BCUT2D eigenvalue weighted by Gasteiger charge is -2.29. The molecule has 3 aromatic carbocycles. The molecule has 1 atom stereocenters. The molecule has 2 heterocycles. The van der Waals surface area contributed by atoms with Gasteiger partial charge in [0.15, 0.2) is 5.82 Å². The van der Waals surface area contributed by atoms with Crippen LogP contribution in [0.15, 0.2) is 90.1 Å². The zero-order valence-corrected chi connectivity index (χ0v) is 19.2. The van der Waals surface area contributed by atoms with E-state index in [9.17, 15) is 4.79 Å². The molecule has 34 heavy (non-hydrogen) atoms. The largest absolute Gasteiger partial charge is 0.495 e. The van der Waals surface area contributed by atoms with E-state index in [0.29, 0.717) is 28.8 Å². The highest BCUT2D eigenvalue weighted by atomic mass is 16.5. The van der Waals surface area contributed by atoms with E-state index in [0.717, 1.165) is 22.4 Å². The van der Waals surface area contributed by atoms with Gasteiger partial charge < -0.3 is 15.4 Å². The molecule has 1 amide bonds. The number of hydrogen-bond acceptors (Lipinski definition) is 5. The maximum atomic E-state index is 13.7. The minimum Gasteiger partial charge on any atom is -0.495 e. The molecule has 1 aliphatic rings. The lowest BCUT2D eigenvalue weighted by Crippen LogP contribution is -2.31. The predicted octanol–water partition coefficient (Wildman–Crippen LogP) is 5.19. The summed E-state index contributed by atoms with van der Waals surface area (Å²) in [5.74, 6) is 1.55. The Kier molecular flexibility index (Phi) is 5.59. The van der Waals surface area contributed by atoms with E-state index in [1.54, 1.807) is 11.8 Å². The van der Waals surface area contributed by atoms with Crippen LogP contribution in [0.1, 0.15) is 24.1 Å². The van der Waals surface area contributed by atoms with Gasteiger partial charge in [0.05, 0.1) is 18.4 Å². The summed E-state index contributed by atoms with van der Waals surface area (Å²) in [5, 5.41) is 11.1. The number of aryl methyl sites for hydroxylation is 1. The van der Waals surface area contributed by atoms with Crippen LogP contribution in [0.25, 0.3) is 11.4 Å². The zero-order valence-electron chi connectivity index (χ0n) is 19.2. The highest BCUT2D eigenvalue weighted by Gasteiger charge is 2.34. The zero-order chi connectivity index (χ0) is 23.7. The van der Waals surface area contributed by atoms with Gasteiger partial charge in [-0.15, -0.1) is 5.10 Å². The Hall–Kier alpha value is -4.39. The minimum absolute atomic E-state index is 0.233. The Labute approximate surface area is 198 Å². The predicted molar refractivity (Wildman–Crippen MR) is 133 cm³/mol. The van der Waals surface area contributed by atoms with Crippen molar-refractivity contribution in [2.24, 2.45) is 0 Å². The molecule has 7 nitrogen and oxygen atoms in total. The van der Waals surface area contributed by atoms with E-state index >= 15 is 0 Å². The number of rotatable bonds is 5. The molecule has 0 spiro atoms. The van der Waals surface area contributed by atoms with Crippen molar-refractivity contribution in [3.05, 3.63) is 101 Å². The van der Waals surface area contributed by atoms with Crippen molar-refractivity contribution >= 4 is 17.5 Å². The molecule has 1 aromatic heterocycles. The van der Waals surface area contributed by atoms with Crippen LogP contribution in [0.2, 0.25) is 0 Å². The molecule has 1 aliphatic heterocycles. The van der Waals surface area contributed by atoms with Crippen LogP contribution in [0, 0.1) is 6.92 Å². The molecule has 0 fully saturated rings. The van der Waals surface area contributed by atoms with Crippen LogP contribution in [0.4, 0.5) is 11.6 Å². The Balaban J connectivity index is 1.61. The fourth-order valence-electron chi connectivity index (χ4n) is 4.24. The molecule has 0 aliphatic carbocycles. The number of carbonyl (C=O) groups excluding carboxylic acids is 1. The van der Waals surface area contributed by atoms with Gasteiger partial charge in [0, 0.05) is 11.3 Å². The SMILES string of the molecule is COc1ccccc1NC(=O)C1=C(C)Nc2nc(-c3ccccc3)nn2C1c1cccc(C)c1. The van der Waals surface area contributed by atoms with Crippen LogP contribution in [-0.4, -0.2) is 27.8 Å². The maximum Gasteiger partial charge on any atom is 0.255 e. The summed E-state index contributed by atoms with van der Waals surface area (Å²) >= 11 is 0. The van der Waals surface area contributed by atoms with Crippen molar-refractivity contribution in [1.82, 2.24) is 14.8 Å². The van der Waals surface area contributed by atoms with Crippen molar-refractivity contribution in [2.75, 3.05) is 17.7 Å². The Bertz CT molecular complexity index is 1390.